The summed E-state index contributed by atoms with van der Waals surface area (Å²) in [6.45, 7) is 7.75. The van der Waals surface area contributed by atoms with E-state index < -0.39 is 11.2 Å². The van der Waals surface area contributed by atoms with E-state index in [2.05, 4.69) is 22.6 Å². The molecule has 0 saturated carbocycles. The first kappa shape index (κ1) is 26.5. The third-order valence-electron chi connectivity index (χ3n) is 4.14. The van der Waals surface area contributed by atoms with Gasteiger partial charge in [-0.2, -0.15) is 0 Å². The van der Waals surface area contributed by atoms with Crippen molar-refractivity contribution in [1.29, 1.82) is 0 Å². The van der Waals surface area contributed by atoms with E-state index in [4.69, 9.17) is 21.4 Å². The van der Waals surface area contributed by atoms with Gasteiger partial charge in [0.25, 0.3) is 5.56 Å². The number of hydrogen-bond acceptors (Lipinski definition) is 5. The normalized spacial score (nSPS) is 11.1. The zero-order valence-electron chi connectivity index (χ0n) is 18.1. The zero-order chi connectivity index (χ0) is 23.2. The lowest BCUT2D eigenvalue weighted by atomic mass is 10.0. The van der Waals surface area contributed by atoms with Crippen LogP contribution in [0.2, 0.25) is 5.02 Å². The molecule has 1 aromatic carbocycles. The predicted octanol–water partition coefficient (Wildman–Crippen LogP) is 2.93. The molecule has 0 aliphatic heterocycles. The van der Waals surface area contributed by atoms with Gasteiger partial charge in [0, 0.05) is 34.8 Å². The second kappa shape index (κ2) is 11.2. The number of Topliss-reactive ketones (excluding diaryl/α,β-unsaturated/α-hetero) is 1. The fraction of sp³-hybridized carbons (Fsp3) is 0.476. The Morgan fingerprint density at radius 3 is 2.23 bits per heavy atom. The van der Waals surface area contributed by atoms with Crippen molar-refractivity contribution in [2.75, 3.05) is 13.2 Å². The lowest BCUT2D eigenvalue weighted by Gasteiger charge is -2.18. The van der Waals surface area contributed by atoms with Crippen molar-refractivity contribution in [3.63, 3.8) is 0 Å². The number of nitrogens with zero attached hydrogens (tertiary/aromatic N) is 2. The number of aliphatic hydroxyl groups is 1. The summed E-state index contributed by atoms with van der Waals surface area (Å²) in [5.41, 5.74) is 0.0116. The summed E-state index contributed by atoms with van der Waals surface area (Å²) in [6, 6.07) is 5.51. The first-order valence-corrected chi connectivity index (χ1v) is 10.7. The SMILES string of the molecule is CC(=O)c1c(Cc2ccc(I)cc2Cl)n(C)c(=O)n(C)c1=O.CC(C)(C)OCCO. The Balaban J connectivity index is 0.000000479. The highest BCUT2D eigenvalue weighted by atomic mass is 127. The maximum atomic E-state index is 12.2. The van der Waals surface area contributed by atoms with Crippen molar-refractivity contribution in [1.82, 2.24) is 9.13 Å². The van der Waals surface area contributed by atoms with Crippen LogP contribution in [0, 0.1) is 3.57 Å². The molecular formula is C21H28ClIN2O5. The largest absolute Gasteiger partial charge is 0.394 e. The minimum absolute atomic E-state index is 0.0271. The summed E-state index contributed by atoms with van der Waals surface area (Å²) in [7, 11) is 2.91. The topological polar surface area (TPSA) is 90.5 Å². The number of aromatic nitrogens is 2. The fourth-order valence-corrected chi connectivity index (χ4v) is 3.57. The molecule has 1 heterocycles. The minimum Gasteiger partial charge on any atom is -0.394 e. The van der Waals surface area contributed by atoms with Gasteiger partial charge in [-0.3, -0.25) is 18.7 Å². The number of carbonyl (C=O) groups is 1. The van der Waals surface area contributed by atoms with E-state index in [0.29, 0.717) is 17.3 Å². The third kappa shape index (κ3) is 7.33. The number of hydrogen-bond donors (Lipinski definition) is 1. The Kier molecular flexibility index (Phi) is 9.93. The first-order chi connectivity index (χ1) is 13.8. The standard InChI is InChI=1S/C15H14ClIN2O3.C6H14O2/c1-8(20)13-12(18(2)15(22)19(3)14(13)21)6-9-4-5-10(17)7-11(9)16;1-6(2,3)8-5-4-7/h4-5,7H,6H2,1-3H3;7H,4-5H2,1-3H3. The van der Waals surface area contributed by atoms with Crippen molar-refractivity contribution in [3.05, 3.63) is 64.5 Å². The van der Waals surface area contributed by atoms with Gasteiger partial charge in [0.05, 0.1) is 18.8 Å². The Bertz CT molecular complexity index is 1020. The highest BCUT2D eigenvalue weighted by molar-refractivity contribution is 14.1. The number of ether oxygens (including phenoxy) is 1. The van der Waals surface area contributed by atoms with Crippen LogP contribution in [0.4, 0.5) is 0 Å². The van der Waals surface area contributed by atoms with Gasteiger partial charge in [-0.05, 0) is 68.0 Å². The molecule has 0 unspecified atom stereocenters. The molecule has 0 fully saturated rings. The van der Waals surface area contributed by atoms with Crippen LogP contribution in [0.15, 0.2) is 27.8 Å². The van der Waals surface area contributed by atoms with Crippen LogP contribution in [0.5, 0.6) is 0 Å². The Morgan fingerprint density at radius 1 is 1.20 bits per heavy atom. The fourth-order valence-electron chi connectivity index (χ4n) is 2.64. The molecule has 2 rings (SSSR count). The zero-order valence-corrected chi connectivity index (χ0v) is 21.0. The summed E-state index contributed by atoms with van der Waals surface area (Å²) < 4.78 is 8.38. The number of benzene rings is 1. The van der Waals surface area contributed by atoms with Gasteiger partial charge in [0.2, 0.25) is 0 Å². The average Bonchev–Trinajstić information content (AvgIpc) is 2.64. The van der Waals surface area contributed by atoms with Crippen molar-refractivity contribution in [3.8, 4) is 0 Å². The number of ketones is 1. The van der Waals surface area contributed by atoms with E-state index in [1.54, 1.807) is 13.1 Å². The van der Waals surface area contributed by atoms with Gasteiger partial charge < -0.3 is 9.84 Å². The summed E-state index contributed by atoms with van der Waals surface area (Å²) in [4.78, 5) is 36.2. The molecular weight excluding hydrogens is 523 g/mol. The Labute approximate surface area is 194 Å². The molecule has 1 aromatic heterocycles. The first-order valence-electron chi connectivity index (χ1n) is 9.28. The average molecular weight is 551 g/mol. The smallest absolute Gasteiger partial charge is 0.330 e. The van der Waals surface area contributed by atoms with E-state index >= 15 is 0 Å². The van der Waals surface area contributed by atoms with E-state index in [1.807, 2.05) is 32.9 Å². The second-order valence-corrected chi connectivity index (χ2v) is 9.33. The lowest BCUT2D eigenvalue weighted by molar-refractivity contribution is -0.0199. The number of halogens is 2. The molecule has 30 heavy (non-hydrogen) atoms. The van der Waals surface area contributed by atoms with Crippen molar-refractivity contribution in [2.45, 2.75) is 39.7 Å². The van der Waals surface area contributed by atoms with Crippen LogP contribution in [-0.2, 0) is 25.3 Å². The molecule has 0 bridgehead atoms. The molecule has 166 valence electrons. The van der Waals surface area contributed by atoms with Gasteiger partial charge in [0.1, 0.15) is 5.56 Å². The van der Waals surface area contributed by atoms with E-state index in [1.165, 1.54) is 18.5 Å². The molecule has 9 heteroatoms. The molecule has 2 aromatic rings. The maximum absolute atomic E-state index is 12.2. The molecule has 0 spiro atoms. The molecule has 1 N–H and O–H groups in total. The van der Waals surface area contributed by atoms with Crippen molar-refractivity contribution >= 4 is 40.0 Å². The van der Waals surface area contributed by atoms with Crippen molar-refractivity contribution < 1.29 is 14.6 Å². The minimum atomic E-state index is -0.577. The lowest BCUT2D eigenvalue weighted by Crippen LogP contribution is -2.42. The van der Waals surface area contributed by atoms with Gasteiger partial charge in [-0.15, -0.1) is 0 Å². The summed E-state index contributed by atoms with van der Waals surface area (Å²) >= 11 is 8.36. The molecule has 0 aliphatic carbocycles. The highest BCUT2D eigenvalue weighted by Gasteiger charge is 2.20. The molecule has 0 aliphatic rings. The Morgan fingerprint density at radius 2 is 1.80 bits per heavy atom. The molecule has 7 nitrogen and oxygen atoms in total. The van der Waals surface area contributed by atoms with Crippen LogP contribution in [0.1, 0.15) is 49.3 Å². The molecule has 0 saturated heterocycles. The summed E-state index contributed by atoms with van der Waals surface area (Å²) in [5, 5.41) is 8.84. The highest BCUT2D eigenvalue weighted by Crippen LogP contribution is 2.22. The van der Waals surface area contributed by atoms with E-state index in [9.17, 15) is 14.4 Å². The van der Waals surface area contributed by atoms with Gasteiger partial charge in [-0.1, -0.05) is 17.7 Å². The summed E-state index contributed by atoms with van der Waals surface area (Å²) in [6.07, 6.45) is 0.243. The number of aliphatic hydroxyl groups excluding tert-OH is 1. The van der Waals surface area contributed by atoms with Crippen LogP contribution in [0.25, 0.3) is 0 Å². The molecule has 0 atom stereocenters. The van der Waals surface area contributed by atoms with Crippen LogP contribution < -0.4 is 11.2 Å². The number of rotatable bonds is 5. The quantitative estimate of drug-likeness (QED) is 0.457. The second-order valence-electron chi connectivity index (χ2n) is 7.68. The van der Waals surface area contributed by atoms with Gasteiger partial charge >= 0.3 is 5.69 Å². The molecule has 0 amide bonds. The summed E-state index contributed by atoms with van der Waals surface area (Å²) in [5.74, 6) is -0.368. The van der Waals surface area contributed by atoms with Crippen LogP contribution in [0.3, 0.4) is 0 Å². The predicted molar refractivity (Wildman–Crippen MR) is 127 cm³/mol. The number of carbonyl (C=O) groups excluding carboxylic acids is 1. The monoisotopic (exact) mass is 550 g/mol. The Hall–Kier alpha value is -1.49. The van der Waals surface area contributed by atoms with Crippen molar-refractivity contribution in [2.24, 2.45) is 14.1 Å². The van der Waals surface area contributed by atoms with E-state index in [-0.39, 0.29) is 30.0 Å². The van der Waals surface area contributed by atoms with Crippen LogP contribution in [-0.4, -0.2) is 38.8 Å². The van der Waals surface area contributed by atoms with Gasteiger partial charge in [0.15, 0.2) is 5.78 Å². The maximum Gasteiger partial charge on any atom is 0.330 e. The molecule has 0 radical (unpaired) electrons. The van der Waals surface area contributed by atoms with Gasteiger partial charge in [-0.25, -0.2) is 4.79 Å². The van der Waals surface area contributed by atoms with E-state index in [0.717, 1.165) is 13.7 Å². The third-order valence-corrected chi connectivity index (χ3v) is 5.16. The van der Waals surface area contributed by atoms with Crippen LogP contribution >= 0.6 is 34.2 Å².